The molecule has 4 rings (SSSR count). The zero-order valence-corrected chi connectivity index (χ0v) is 21.1. The van der Waals surface area contributed by atoms with Crippen LogP contribution in [0.3, 0.4) is 0 Å². The van der Waals surface area contributed by atoms with Gasteiger partial charge >= 0.3 is 7.82 Å². The normalized spacial score (nSPS) is 14.6. The van der Waals surface area contributed by atoms with Gasteiger partial charge in [0.25, 0.3) is 0 Å². The van der Waals surface area contributed by atoms with Gasteiger partial charge in [-0.05, 0) is 25.0 Å². The van der Waals surface area contributed by atoms with Crippen molar-refractivity contribution in [3.05, 3.63) is 40.6 Å². The predicted molar refractivity (Wildman–Crippen MR) is 135 cm³/mol. The lowest BCUT2D eigenvalue weighted by molar-refractivity contribution is 0.122. The summed E-state index contributed by atoms with van der Waals surface area (Å²) >= 11 is 0. The van der Waals surface area contributed by atoms with E-state index >= 15 is 0 Å². The van der Waals surface area contributed by atoms with Crippen molar-refractivity contribution in [2.75, 3.05) is 44.4 Å². The van der Waals surface area contributed by atoms with E-state index in [1.54, 1.807) is 30.3 Å². The van der Waals surface area contributed by atoms with Crippen molar-refractivity contribution >= 4 is 35.4 Å². The first-order valence-corrected chi connectivity index (χ1v) is 13.6. The quantitative estimate of drug-likeness (QED) is 0.202. The number of fused-ring (bicyclic) bond motifs is 2. The molecule has 1 saturated heterocycles. The molecule has 1 aliphatic rings. The first-order valence-electron chi connectivity index (χ1n) is 12.1. The zero-order chi connectivity index (χ0) is 24.8. The summed E-state index contributed by atoms with van der Waals surface area (Å²) < 4.78 is 41.7. The summed E-state index contributed by atoms with van der Waals surface area (Å²) in [5, 5.41) is 11.0. The first kappa shape index (κ1) is 25.5. The molecule has 2 aromatic carbocycles. The van der Waals surface area contributed by atoms with E-state index in [2.05, 4.69) is 0 Å². The van der Waals surface area contributed by atoms with Crippen LogP contribution >= 0.6 is 7.82 Å². The molecular weight excluding hydrogens is 473 g/mol. The Morgan fingerprint density at radius 1 is 1.06 bits per heavy atom. The molecule has 190 valence electrons. The van der Waals surface area contributed by atoms with Gasteiger partial charge in [-0.2, -0.15) is 0 Å². The summed E-state index contributed by atoms with van der Waals surface area (Å²) in [7, 11) is -3.96. The number of hydrogen-bond donors (Lipinski definition) is 1. The Labute approximate surface area is 204 Å². The monoisotopic (exact) mass is 505 g/mol. The summed E-state index contributed by atoms with van der Waals surface area (Å²) in [5.74, 6) is -0.0865. The number of benzene rings is 2. The lowest BCUT2D eigenvalue weighted by Crippen LogP contribution is -2.36. The van der Waals surface area contributed by atoms with Gasteiger partial charge in [0.2, 0.25) is 5.43 Å². The number of phosphoric acid groups is 1. The largest absolute Gasteiger partial charge is 0.530 e. The van der Waals surface area contributed by atoms with Crippen LogP contribution in [0.4, 0.5) is 5.69 Å². The number of para-hydroxylation sites is 1. The second-order valence-electron chi connectivity index (χ2n) is 8.41. The molecule has 1 aliphatic heterocycles. The fourth-order valence-electron chi connectivity index (χ4n) is 3.87. The highest BCUT2D eigenvalue weighted by Crippen LogP contribution is 2.51. The molecule has 0 atom stereocenters. The van der Waals surface area contributed by atoms with E-state index in [1.165, 1.54) is 0 Å². The topological polar surface area (TPSA) is 108 Å². The van der Waals surface area contributed by atoms with Crippen molar-refractivity contribution in [3.63, 3.8) is 0 Å². The minimum atomic E-state index is -3.96. The SMILES string of the molecule is CCCCOP(=O)(OCCCC)Oc1cccc2c(=O)c3c(O)cc(N4CCOCC4)cc3oc12. The Hall–Kier alpha value is -2.58. The molecule has 0 amide bonds. The Kier molecular flexibility index (Phi) is 8.34. The molecule has 35 heavy (non-hydrogen) atoms. The van der Waals surface area contributed by atoms with Crippen LogP contribution in [-0.2, 0) is 18.3 Å². The van der Waals surface area contributed by atoms with Crippen molar-refractivity contribution in [2.24, 2.45) is 0 Å². The third kappa shape index (κ3) is 5.81. The van der Waals surface area contributed by atoms with E-state index in [4.69, 9.17) is 22.7 Å². The van der Waals surface area contributed by atoms with Crippen molar-refractivity contribution in [1.29, 1.82) is 0 Å². The van der Waals surface area contributed by atoms with Crippen molar-refractivity contribution < 1.29 is 32.4 Å². The first-order chi connectivity index (χ1) is 17.0. The molecule has 3 aromatic rings. The van der Waals surface area contributed by atoms with Crippen LogP contribution in [0.25, 0.3) is 21.9 Å². The second kappa shape index (κ2) is 11.4. The van der Waals surface area contributed by atoms with Gasteiger partial charge in [-0.25, -0.2) is 4.57 Å². The minimum Gasteiger partial charge on any atom is -0.507 e. The Bertz CT molecular complexity index is 1250. The number of aromatic hydroxyl groups is 1. The maximum atomic E-state index is 13.4. The molecule has 0 unspecified atom stereocenters. The molecule has 0 spiro atoms. The van der Waals surface area contributed by atoms with Gasteiger partial charge in [0.1, 0.15) is 16.7 Å². The van der Waals surface area contributed by atoms with Gasteiger partial charge in [0.15, 0.2) is 11.3 Å². The third-order valence-corrected chi connectivity index (χ3v) is 7.23. The van der Waals surface area contributed by atoms with E-state index in [9.17, 15) is 14.5 Å². The number of anilines is 1. The van der Waals surface area contributed by atoms with E-state index in [0.29, 0.717) is 39.1 Å². The summed E-state index contributed by atoms with van der Waals surface area (Å²) in [6.07, 6.45) is 3.12. The van der Waals surface area contributed by atoms with Gasteiger partial charge in [-0.1, -0.05) is 32.8 Å². The molecular formula is C25H32NO8P. The molecule has 0 aliphatic carbocycles. The summed E-state index contributed by atoms with van der Waals surface area (Å²) in [5.41, 5.74) is 0.623. The van der Waals surface area contributed by atoms with Gasteiger partial charge in [0, 0.05) is 30.9 Å². The molecule has 0 radical (unpaired) electrons. The number of rotatable bonds is 11. The molecule has 0 bridgehead atoms. The summed E-state index contributed by atoms with van der Waals surface area (Å²) in [4.78, 5) is 15.3. The van der Waals surface area contributed by atoms with Crippen LogP contribution in [0, 0.1) is 0 Å². The Morgan fingerprint density at radius 3 is 2.40 bits per heavy atom. The van der Waals surface area contributed by atoms with Gasteiger partial charge in [-0.3, -0.25) is 13.8 Å². The molecule has 1 fully saturated rings. The molecule has 2 heterocycles. The third-order valence-electron chi connectivity index (χ3n) is 5.81. The number of hydrogen-bond acceptors (Lipinski definition) is 9. The van der Waals surface area contributed by atoms with Crippen molar-refractivity contribution in [1.82, 2.24) is 0 Å². The van der Waals surface area contributed by atoms with Crippen molar-refractivity contribution in [2.45, 2.75) is 39.5 Å². The lowest BCUT2D eigenvalue weighted by Gasteiger charge is -2.29. The molecule has 9 nitrogen and oxygen atoms in total. The number of phenolic OH excluding ortho intramolecular Hbond substituents is 1. The smallest absolute Gasteiger partial charge is 0.507 e. The minimum absolute atomic E-state index is 0.0771. The molecule has 1 aromatic heterocycles. The van der Waals surface area contributed by atoms with Crippen LogP contribution in [0.2, 0.25) is 0 Å². The Balaban J connectivity index is 1.76. The van der Waals surface area contributed by atoms with E-state index in [0.717, 1.165) is 18.5 Å². The summed E-state index contributed by atoms with van der Waals surface area (Å²) in [6.45, 7) is 6.89. The van der Waals surface area contributed by atoms with Gasteiger partial charge < -0.3 is 23.7 Å². The van der Waals surface area contributed by atoms with Crippen molar-refractivity contribution in [3.8, 4) is 11.5 Å². The Morgan fingerprint density at radius 2 is 1.74 bits per heavy atom. The number of unbranched alkanes of at least 4 members (excludes halogenated alkanes) is 2. The number of phosphoric ester groups is 1. The maximum Gasteiger partial charge on any atom is 0.530 e. The van der Waals surface area contributed by atoms with Gasteiger partial charge in [-0.15, -0.1) is 0 Å². The maximum absolute atomic E-state index is 13.4. The van der Waals surface area contributed by atoms with Crippen LogP contribution in [0.5, 0.6) is 11.5 Å². The van der Waals surface area contributed by atoms with Crippen LogP contribution in [-0.4, -0.2) is 44.6 Å². The highest BCUT2D eigenvalue weighted by molar-refractivity contribution is 7.48. The van der Waals surface area contributed by atoms with E-state index in [-0.39, 0.29) is 46.7 Å². The molecule has 1 N–H and O–H groups in total. The standard InChI is InChI=1S/C25H32NO8P/c1-3-5-12-31-35(29,32-13-6-4-2)34-21-9-7-8-19-24(28)23-20(27)16-18(17-22(23)33-25(19)21)26-10-14-30-15-11-26/h7-9,16-17,27H,3-6,10-15H2,1-2H3. The highest BCUT2D eigenvalue weighted by Gasteiger charge is 2.30. The van der Waals surface area contributed by atoms with Crippen LogP contribution in [0.15, 0.2) is 39.5 Å². The number of nitrogens with zero attached hydrogens (tertiary/aromatic N) is 1. The highest BCUT2D eigenvalue weighted by atomic mass is 31.2. The zero-order valence-electron chi connectivity index (χ0n) is 20.2. The fourth-order valence-corrected chi connectivity index (χ4v) is 5.14. The van der Waals surface area contributed by atoms with Crippen LogP contribution < -0.4 is 14.9 Å². The summed E-state index contributed by atoms with van der Waals surface area (Å²) in [6, 6.07) is 8.01. The fraction of sp³-hybridized carbons (Fsp3) is 0.480. The van der Waals surface area contributed by atoms with Crippen LogP contribution in [0.1, 0.15) is 39.5 Å². The van der Waals surface area contributed by atoms with Gasteiger partial charge in [0.05, 0.1) is 31.8 Å². The number of morpholine rings is 1. The molecule has 10 heteroatoms. The predicted octanol–water partition coefficient (Wildman–Crippen LogP) is 5.61. The number of ether oxygens (including phenoxy) is 1. The average Bonchev–Trinajstić information content (AvgIpc) is 2.85. The lowest BCUT2D eigenvalue weighted by atomic mass is 10.1. The molecule has 0 saturated carbocycles. The van der Waals surface area contributed by atoms with E-state index in [1.807, 2.05) is 18.7 Å². The second-order valence-corrected chi connectivity index (χ2v) is 10.0. The number of phenols is 1. The van der Waals surface area contributed by atoms with E-state index < -0.39 is 13.3 Å². The average molecular weight is 506 g/mol.